The first-order valence-corrected chi connectivity index (χ1v) is 25.7. The van der Waals surface area contributed by atoms with Gasteiger partial charge in [0.15, 0.2) is 6.10 Å². The average molecular weight is 875 g/mol. The Morgan fingerprint density at radius 2 is 0.619 bits per heavy atom. The topological polar surface area (TPSA) is 78.9 Å². The number of rotatable bonds is 45. The highest BCUT2D eigenvalue weighted by Gasteiger charge is 2.19. The van der Waals surface area contributed by atoms with E-state index in [4.69, 9.17) is 14.2 Å². The first-order valence-electron chi connectivity index (χ1n) is 25.7. The number of hydrogen-bond acceptors (Lipinski definition) is 6. The second-order valence-corrected chi connectivity index (χ2v) is 16.7. The van der Waals surface area contributed by atoms with Crippen LogP contribution in [-0.2, 0) is 28.6 Å². The summed E-state index contributed by atoms with van der Waals surface area (Å²) in [6.45, 7) is 6.35. The Morgan fingerprint density at radius 1 is 0.333 bits per heavy atom. The van der Waals surface area contributed by atoms with Crippen molar-refractivity contribution in [2.24, 2.45) is 0 Å². The summed E-state index contributed by atoms with van der Waals surface area (Å²) >= 11 is 0. The van der Waals surface area contributed by atoms with Gasteiger partial charge in [-0.05, 0) is 96.3 Å². The second-order valence-electron chi connectivity index (χ2n) is 16.7. The number of allylic oxidation sites excluding steroid dienone is 16. The molecule has 63 heavy (non-hydrogen) atoms. The number of carbonyl (C=O) groups is 3. The number of unbranched alkanes of at least 4 members (excludes halogenated alkanes) is 18. The van der Waals surface area contributed by atoms with E-state index in [9.17, 15) is 14.4 Å². The van der Waals surface area contributed by atoms with Gasteiger partial charge in [0, 0.05) is 19.3 Å². The molecule has 6 nitrogen and oxygen atoms in total. The second kappa shape index (κ2) is 51.0. The summed E-state index contributed by atoms with van der Waals surface area (Å²) in [6.07, 6.45) is 66.7. The Labute approximate surface area is 387 Å². The lowest BCUT2D eigenvalue weighted by Gasteiger charge is -2.18. The van der Waals surface area contributed by atoms with E-state index in [1.165, 1.54) is 57.8 Å². The smallest absolute Gasteiger partial charge is 0.306 e. The molecule has 0 aromatic carbocycles. The SMILES string of the molecule is CC/C=C\C/C=C\C/C=C\C/C=C\C/C=C\CCCCCC(=O)OCC(COC(=O)CCCCCCCCCCCCCC)OC(=O)CCCCCC/C=C\C/C=C\C/C=C\CC. The molecular weight excluding hydrogens is 781 g/mol. The maximum absolute atomic E-state index is 12.8. The Bertz CT molecular complexity index is 1280. The number of hydrogen-bond donors (Lipinski definition) is 0. The van der Waals surface area contributed by atoms with E-state index in [0.717, 1.165) is 128 Å². The number of ether oxygens (including phenoxy) is 3. The third-order valence-corrected chi connectivity index (χ3v) is 10.6. The standard InChI is InChI=1S/C57H94O6/c1-4-7-10-13-16-19-22-25-27-28-29-30-31-33-35-38-41-44-47-50-56(59)62-53-54(52-61-55(58)49-46-43-40-37-34-24-21-18-15-12-9-6-3)63-57(60)51-48-45-42-39-36-32-26-23-20-17-14-11-8-5-2/h7-8,10-11,16-17,19-20,25-27,29-30,32-33,35,54H,4-6,9,12-15,18,21-24,28,31,34,36-53H2,1-3H3/b10-7-,11-8-,19-16-,20-17-,27-25-,30-29-,32-26-,35-33-. The van der Waals surface area contributed by atoms with Gasteiger partial charge in [0.1, 0.15) is 13.2 Å². The van der Waals surface area contributed by atoms with Crippen LogP contribution in [0.3, 0.4) is 0 Å². The van der Waals surface area contributed by atoms with Gasteiger partial charge in [-0.25, -0.2) is 0 Å². The summed E-state index contributed by atoms with van der Waals surface area (Å²) < 4.78 is 16.7. The zero-order chi connectivity index (χ0) is 45.8. The molecule has 0 saturated carbocycles. The number of carbonyl (C=O) groups excluding carboxylic acids is 3. The molecule has 358 valence electrons. The monoisotopic (exact) mass is 875 g/mol. The molecule has 0 amide bonds. The first kappa shape index (κ1) is 59.3. The fraction of sp³-hybridized carbons (Fsp3) is 0.667. The molecule has 0 fully saturated rings. The Morgan fingerprint density at radius 3 is 0.984 bits per heavy atom. The van der Waals surface area contributed by atoms with Gasteiger partial charge in [-0.15, -0.1) is 0 Å². The molecule has 0 aromatic rings. The van der Waals surface area contributed by atoms with Crippen molar-refractivity contribution in [3.63, 3.8) is 0 Å². The molecule has 0 aromatic heterocycles. The Balaban J connectivity index is 4.47. The summed E-state index contributed by atoms with van der Waals surface area (Å²) in [7, 11) is 0. The molecular formula is C57H94O6. The van der Waals surface area contributed by atoms with Crippen molar-refractivity contribution in [2.75, 3.05) is 13.2 Å². The lowest BCUT2D eigenvalue weighted by molar-refractivity contribution is -0.167. The predicted octanol–water partition coefficient (Wildman–Crippen LogP) is 17.0. The molecule has 1 unspecified atom stereocenters. The first-order chi connectivity index (χ1) is 31.0. The van der Waals surface area contributed by atoms with Gasteiger partial charge < -0.3 is 14.2 Å². The molecule has 1 atom stereocenters. The minimum Gasteiger partial charge on any atom is -0.462 e. The maximum Gasteiger partial charge on any atom is 0.306 e. The summed E-state index contributed by atoms with van der Waals surface area (Å²) in [5.74, 6) is -0.956. The zero-order valence-electron chi connectivity index (χ0n) is 40.8. The Hall–Kier alpha value is -3.67. The highest BCUT2D eigenvalue weighted by atomic mass is 16.6. The minimum absolute atomic E-state index is 0.0969. The summed E-state index contributed by atoms with van der Waals surface area (Å²) in [4.78, 5) is 38.0. The van der Waals surface area contributed by atoms with Crippen LogP contribution < -0.4 is 0 Å². The predicted molar refractivity (Wildman–Crippen MR) is 270 cm³/mol. The van der Waals surface area contributed by atoms with Crippen LogP contribution >= 0.6 is 0 Å². The molecule has 0 saturated heterocycles. The molecule has 0 radical (unpaired) electrons. The van der Waals surface area contributed by atoms with Gasteiger partial charge in [-0.1, -0.05) is 208 Å². The van der Waals surface area contributed by atoms with Crippen molar-refractivity contribution in [1.29, 1.82) is 0 Å². The van der Waals surface area contributed by atoms with E-state index in [1.807, 2.05) is 0 Å². The molecule has 0 aliphatic heterocycles. The summed E-state index contributed by atoms with van der Waals surface area (Å²) in [5.41, 5.74) is 0. The molecule has 0 aliphatic carbocycles. The van der Waals surface area contributed by atoms with Crippen molar-refractivity contribution >= 4 is 17.9 Å². The van der Waals surface area contributed by atoms with Gasteiger partial charge >= 0.3 is 17.9 Å². The van der Waals surface area contributed by atoms with Crippen molar-refractivity contribution in [3.8, 4) is 0 Å². The minimum atomic E-state index is -0.801. The molecule has 0 bridgehead atoms. The molecule has 0 rings (SSSR count). The van der Waals surface area contributed by atoms with E-state index >= 15 is 0 Å². The molecule has 6 heteroatoms. The zero-order valence-corrected chi connectivity index (χ0v) is 40.8. The summed E-state index contributed by atoms with van der Waals surface area (Å²) in [6, 6.07) is 0. The number of esters is 3. The van der Waals surface area contributed by atoms with Crippen LogP contribution in [0.15, 0.2) is 97.2 Å². The van der Waals surface area contributed by atoms with Crippen molar-refractivity contribution in [3.05, 3.63) is 97.2 Å². The van der Waals surface area contributed by atoms with Crippen LogP contribution in [0.2, 0.25) is 0 Å². The fourth-order valence-corrected chi connectivity index (χ4v) is 6.78. The normalized spacial score (nSPS) is 12.9. The van der Waals surface area contributed by atoms with Crippen molar-refractivity contribution < 1.29 is 28.6 Å². The average Bonchev–Trinajstić information content (AvgIpc) is 3.28. The lowest BCUT2D eigenvalue weighted by Crippen LogP contribution is -2.30. The van der Waals surface area contributed by atoms with Crippen molar-refractivity contribution in [1.82, 2.24) is 0 Å². The van der Waals surface area contributed by atoms with Gasteiger partial charge in [0.05, 0.1) is 0 Å². The van der Waals surface area contributed by atoms with Gasteiger partial charge in [0.25, 0.3) is 0 Å². The highest BCUT2D eigenvalue weighted by Crippen LogP contribution is 2.14. The lowest BCUT2D eigenvalue weighted by atomic mass is 10.0. The molecule has 0 N–H and O–H groups in total. The van der Waals surface area contributed by atoms with E-state index in [-0.39, 0.29) is 31.1 Å². The van der Waals surface area contributed by atoms with E-state index in [1.54, 1.807) is 0 Å². The Kier molecular flexibility index (Phi) is 48.0. The third kappa shape index (κ3) is 49.2. The summed E-state index contributed by atoms with van der Waals surface area (Å²) in [5, 5.41) is 0. The van der Waals surface area contributed by atoms with Crippen LogP contribution in [0.5, 0.6) is 0 Å². The largest absolute Gasteiger partial charge is 0.462 e. The van der Waals surface area contributed by atoms with E-state index in [0.29, 0.717) is 19.3 Å². The molecule has 0 aliphatic rings. The van der Waals surface area contributed by atoms with Crippen LogP contribution in [0.1, 0.15) is 226 Å². The van der Waals surface area contributed by atoms with Crippen LogP contribution in [0, 0.1) is 0 Å². The van der Waals surface area contributed by atoms with Crippen LogP contribution in [-0.4, -0.2) is 37.2 Å². The quantitative estimate of drug-likeness (QED) is 0.0262. The molecule has 0 spiro atoms. The fourth-order valence-electron chi connectivity index (χ4n) is 6.78. The van der Waals surface area contributed by atoms with Crippen molar-refractivity contribution in [2.45, 2.75) is 232 Å². The maximum atomic E-state index is 12.8. The molecule has 0 heterocycles. The van der Waals surface area contributed by atoms with Crippen LogP contribution in [0.25, 0.3) is 0 Å². The van der Waals surface area contributed by atoms with E-state index in [2.05, 4.69) is 118 Å². The third-order valence-electron chi connectivity index (χ3n) is 10.6. The highest BCUT2D eigenvalue weighted by molar-refractivity contribution is 5.71. The van der Waals surface area contributed by atoms with Gasteiger partial charge in [0.2, 0.25) is 0 Å². The van der Waals surface area contributed by atoms with E-state index < -0.39 is 6.10 Å². The van der Waals surface area contributed by atoms with Gasteiger partial charge in [-0.2, -0.15) is 0 Å². The van der Waals surface area contributed by atoms with Crippen LogP contribution in [0.4, 0.5) is 0 Å². The van der Waals surface area contributed by atoms with Gasteiger partial charge in [-0.3, -0.25) is 14.4 Å².